The summed E-state index contributed by atoms with van der Waals surface area (Å²) in [7, 11) is -2.40. The minimum Gasteiger partial charge on any atom is -0.481 e. The van der Waals surface area contributed by atoms with E-state index >= 15 is 0 Å². The van der Waals surface area contributed by atoms with Crippen LogP contribution in [0.1, 0.15) is 12.8 Å². The van der Waals surface area contributed by atoms with Crippen molar-refractivity contribution in [3.05, 3.63) is 0 Å². The van der Waals surface area contributed by atoms with Gasteiger partial charge in [-0.05, 0) is 12.3 Å². The first-order valence-electron chi connectivity index (χ1n) is 3.45. The molecule has 0 unspecified atom stereocenters. The second-order valence-electron chi connectivity index (χ2n) is 2.93. The van der Waals surface area contributed by atoms with Gasteiger partial charge in [-0.15, -0.1) is 0 Å². The van der Waals surface area contributed by atoms with Crippen LogP contribution in [-0.2, 0) is 4.79 Å². The normalized spacial score (nSPS) is 31.6. The molecule has 3 N–H and O–H groups in total. The van der Waals surface area contributed by atoms with E-state index in [4.69, 9.17) is 14.2 Å². The van der Waals surface area contributed by atoms with Gasteiger partial charge < -0.3 is 5.11 Å². The molecule has 5 heteroatoms. The van der Waals surface area contributed by atoms with E-state index in [2.05, 4.69) is 0 Å². The van der Waals surface area contributed by atoms with Crippen molar-refractivity contribution in [2.24, 2.45) is 5.92 Å². The minimum atomic E-state index is -2.40. The lowest BCUT2D eigenvalue weighted by molar-refractivity contribution is -0.137. The summed E-state index contributed by atoms with van der Waals surface area (Å²) >= 11 is 0. The molecular weight excluding hydrogens is 168 g/mol. The smallest absolute Gasteiger partial charge is 0.303 e. The third kappa shape index (κ3) is 2.69. The largest absolute Gasteiger partial charge is 0.481 e. The van der Waals surface area contributed by atoms with Crippen LogP contribution in [0.3, 0.4) is 0 Å². The molecule has 1 saturated heterocycles. The lowest BCUT2D eigenvalue weighted by Gasteiger charge is -2.25. The highest BCUT2D eigenvalue weighted by atomic mass is 32.3. The molecule has 0 radical (unpaired) electrons. The molecule has 0 saturated carbocycles. The van der Waals surface area contributed by atoms with E-state index in [9.17, 15) is 4.79 Å². The molecule has 1 atom stereocenters. The van der Waals surface area contributed by atoms with Crippen molar-refractivity contribution in [2.75, 3.05) is 11.5 Å². The summed E-state index contributed by atoms with van der Waals surface area (Å²) in [5.74, 6) is -0.228. The van der Waals surface area contributed by atoms with Gasteiger partial charge in [0.15, 0.2) is 0 Å². The number of carboxylic acid groups (broad SMARTS) is 1. The van der Waals surface area contributed by atoms with Crippen LogP contribution in [0.25, 0.3) is 0 Å². The molecule has 0 aliphatic carbocycles. The van der Waals surface area contributed by atoms with Crippen molar-refractivity contribution in [3.8, 4) is 0 Å². The van der Waals surface area contributed by atoms with Gasteiger partial charge in [0.1, 0.15) is 0 Å². The molecule has 11 heavy (non-hydrogen) atoms. The predicted molar refractivity (Wildman–Crippen MR) is 42.9 cm³/mol. The number of rotatable bonds is 2. The van der Waals surface area contributed by atoms with Crippen molar-refractivity contribution in [1.29, 1.82) is 0 Å². The quantitative estimate of drug-likeness (QED) is 0.597. The molecule has 1 fully saturated rings. The topological polar surface area (TPSA) is 77.8 Å². The fourth-order valence-corrected chi connectivity index (χ4v) is 3.22. The van der Waals surface area contributed by atoms with Gasteiger partial charge in [-0.3, -0.25) is 13.9 Å². The summed E-state index contributed by atoms with van der Waals surface area (Å²) in [4.78, 5) is 10.2. The second-order valence-corrected chi connectivity index (χ2v) is 5.27. The van der Waals surface area contributed by atoms with E-state index in [1.807, 2.05) is 0 Å². The van der Waals surface area contributed by atoms with Crippen molar-refractivity contribution in [1.82, 2.24) is 0 Å². The van der Waals surface area contributed by atoms with E-state index in [0.717, 1.165) is 0 Å². The molecule has 1 heterocycles. The zero-order valence-corrected chi connectivity index (χ0v) is 6.88. The first-order valence-corrected chi connectivity index (χ1v) is 5.33. The van der Waals surface area contributed by atoms with Crippen LogP contribution in [-0.4, -0.2) is 31.7 Å². The predicted octanol–water partition coefficient (Wildman–Crippen LogP) is 1.23. The maximum Gasteiger partial charge on any atom is 0.303 e. The average molecular weight is 180 g/mol. The maximum atomic E-state index is 10.2. The van der Waals surface area contributed by atoms with Crippen LogP contribution < -0.4 is 0 Å². The highest BCUT2D eigenvalue weighted by Crippen LogP contribution is 2.49. The summed E-state index contributed by atoms with van der Waals surface area (Å²) in [6, 6.07) is 0. The van der Waals surface area contributed by atoms with Gasteiger partial charge in [-0.1, -0.05) is 0 Å². The number of hydrogen-bond donors (Lipinski definition) is 3. The van der Waals surface area contributed by atoms with Crippen LogP contribution >= 0.6 is 10.6 Å². The molecule has 4 nitrogen and oxygen atoms in total. The number of carboxylic acids is 1. The van der Waals surface area contributed by atoms with Gasteiger partial charge in [-0.25, -0.2) is 0 Å². The summed E-state index contributed by atoms with van der Waals surface area (Å²) in [5.41, 5.74) is 0. The Balaban J connectivity index is 2.36. The number of hydrogen-bond acceptors (Lipinski definition) is 3. The zero-order chi connectivity index (χ0) is 8.48. The fourth-order valence-electron chi connectivity index (χ4n) is 1.31. The summed E-state index contributed by atoms with van der Waals surface area (Å²) in [6.07, 6.45) is 0.699. The lowest BCUT2D eigenvalue weighted by Crippen LogP contribution is -2.08. The second kappa shape index (κ2) is 3.00. The molecule has 0 spiro atoms. The SMILES string of the molecule is O=C(O)C[C@@H]1CCS(O)(O)C1. The summed E-state index contributed by atoms with van der Waals surface area (Å²) in [6.45, 7) is 0. The van der Waals surface area contributed by atoms with Crippen LogP contribution in [0, 0.1) is 5.92 Å². The third-order valence-electron chi connectivity index (χ3n) is 1.82. The van der Waals surface area contributed by atoms with E-state index in [0.29, 0.717) is 12.2 Å². The molecule has 0 amide bonds. The molecule has 0 bridgehead atoms. The minimum absolute atomic E-state index is 0.0301. The van der Waals surface area contributed by atoms with E-state index < -0.39 is 16.6 Å². The first kappa shape index (κ1) is 8.83. The molecule has 0 aromatic heterocycles. The zero-order valence-electron chi connectivity index (χ0n) is 6.06. The molecule has 0 aromatic rings. The van der Waals surface area contributed by atoms with Crippen molar-refractivity contribution < 1.29 is 19.0 Å². The van der Waals surface area contributed by atoms with Gasteiger partial charge in [-0.2, -0.15) is 10.6 Å². The highest BCUT2D eigenvalue weighted by Gasteiger charge is 2.29. The van der Waals surface area contributed by atoms with Crippen LogP contribution in [0.4, 0.5) is 0 Å². The fraction of sp³-hybridized carbons (Fsp3) is 0.833. The molecule has 0 aromatic carbocycles. The number of carbonyl (C=O) groups is 1. The Kier molecular flexibility index (Phi) is 2.41. The Morgan fingerprint density at radius 2 is 2.18 bits per heavy atom. The number of aliphatic carboxylic acids is 1. The Bertz CT molecular complexity index is 168. The van der Waals surface area contributed by atoms with E-state index in [1.165, 1.54) is 0 Å². The Morgan fingerprint density at radius 1 is 1.55 bits per heavy atom. The molecule has 66 valence electrons. The van der Waals surface area contributed by atoms with Crippen LogP contribution in [0.15, 0.2) is 0 Å². The Morgan fingerprint density at radius 3 is 2.55 bits per heavy atom. The van der Waals surface area contributed by atoms with Gasteiger partial charge in [0.25, 0.3) is 0 Å². The van der Waals surface area contributed by atoms with Gasteiger partial charge >= 0.3 is 5.97 Å². The first-order chi connectivity index (χ1) is 4.99. The van der Waals surface area contributed by atoms with E-state index in [1.54, 1.807) is 0 Å². The average Bonchev–Trinajstić information content (AvgIpc) is 2.08. The maximum absolute atomic E-state index is 10.2. The third-order valence-corrected chi connectivity index (χ3v) is 3.71. The Hall–Kier alpha value is -0.260. The summed E-state index contributed by atoms with van der Waals surface area (Å²) < 4.78 is 18.2. The van der Waals surface area contributed by atoms with Crippen molar-refractivity contribution >= 4 is 16.6 Å². The van der Waals surface area contributed by atoms with E-state index in [-0.39, 0.29) is 18.1 Å². The van der Waals surface area contributed by atoms with Crippen LogP contribution in [0.2, 0.25) is 0 Å². The van der Waals surface area contributed by atoms with Crippen molar-refractivity contribution in [3.63, 3.8) is 0 Å². The molecular formula is C6H12O4S. The van der Waals surface area contributed by atoms with Crippen LogP contribution in [0.5, 0.6) is 0 Å². The standard InChI is InChI=1S/C6H12O4S/c7-6(8)3-5-1-2-11(9,10)4-5/h5,9-10H,1-4H2,(H,7,8)/t5-/m0/s1. The Labute approximate surface area is 66.6 Å². The molecule has 1 rings (SSSR count). The van der Waals surface area contributed by atoms with Crippen molar-refractivity contribution in [2.45, 2.75) is 12.8 Å². The van der Waals surface area contributed by atoms with Gasteiger partial charge in [0.2, 0.25) is 0 Å². The van der Waals surface area contributed by atoms with Gasteiger partial charge in [0, 0.05) is 17.9 Å². The highest BCUT2D eigenvalue weighted by molar-refractivity contribution is 8.24. The van der Waals surface area contributed by atoms with Gasteiger partial charge in [0.05, 0.1) is 0 Å². The lowest BCUT2D eigenvalue weighted by atomic mass is 10.1. The monoisotopic (exact) mass is 180 g/mol. The summed E-state index contributed by atoms with van der Waals surface area (Å²) in [5, 5.41) is 8.39. The molecule has 1 aliphatic heterocycles. The molecule has 1 aliphatic rings.